The molecule has 7 nitrogen and oxygen atoms in total. The Morgan fingerprint density at radius 3 is 2.72 bits per heavy atom. The van der Waals surface area contributed by atoms with Crippen LogP contribution in [0.1, 0.15) is 20.9 Å². The topological polar surface area (TPSA) is 114 Å². The van der Waals surface area contributed by atoms with Crippen molar-refractivity contribution in [2.24, 2.45) is 5.73 Å². The fourth-order valence-electron chi connectivity index (χ4n) is 1.63. The maximum atomic E-state index is 11.0. The van der Waals surface area contributed by atoms with Crippen LogP contribution < -0.4 is 16.4 Å². The number of nitrogens with zero attached hydrogens (tertiary/aromatic N) is 1. The van der Waals surface area contributed by atoms with E-state index in [9.17, 15) is 14.4 Å². The Kier molecular flexibility index (Phi) is 9.22. The molecule has 2 rings (SSSR count). The Morgan fingerprint density at radius 2 is 2.12 bits per heavy atom. The Hall–Kier alpha value is -3.02. The van der Waals surface area contributed by atoms with Crippen LogP contribution in [0.5, 0.6) is 0 Å². The molecule has 1 aromatic carbocycles. The number of aldehydes is 1. The molecule has 0 atom stereocenters. The van der Waals surface area contributed by atoms with Gasteiger partial charge in [0.05, 0.1) is 6.54 Å². The highest BCUT2D eigenvalue weighted by Crippen LogP contribution is 2.07. The van der Waals surface area contributed by atoms with Gasteiger partial charge >= 0.3 is 0 Å². The predicted molar refractivity (Wildman–Crippen MR) is 95.8 cm³/mol. The van der Waals surface area contributed by atoms with Gasteiger partial charge in [0.25, 0.3) is 5.91 Å². The molecule has 0 spiro atoms. The van der Waals surface area contributed by atoms with Crippen molar-refractivity contribution in [3.05, 3.63) is 52.0 Å². The lowest BCUT2D eigenvalue weighted by Crippen LogP contribution is -2.25. The minimum Gasteiger partial charge on any atom is -0.366 e. The SMILES string of the molecule is CNCC#Cc1nccs1.NC(=O)c1ccccc1CNC(=O)C=O. The first-order valence-electron chi connectivity index (χ1n) is 7.22. The van der Waals surface area contributed by atoms with E-state index in [1.807, 2.05) is 12.4 Å². The van der Waals surface area contributed by atoms with Crippen molar-refractivity contribution in [2.75, 3.05) is 13.6 Å². The van der Waals surface area contributed by atoms with E-state index in [0.717, 1.165) is 11.6 Å². The first-order valence-corrected chi connectivity index (χ1v) is 8.10. The number of carbonyl (C=O) groups is 3. The molecule has 0 bridgehead atoms. The summed E-state index contributed by atoms with van der Waals surface area (Å²) in [7, 11) is 1.87. The highest BCUT2D eigenvalue weighted by atomic mass is 32.1. The minimum absolute atomic E-state index is 0.108. The number of primary amides is 1. The lowest BCUT2D eigenvalue weighted by atomic mass is 10.1. The van der Waals surface area contributed by atoms with Crippen LogP contribution in [0.4, 0.5) is 0 Å². The summed E-state index contributed by atoms with van der Waals surface area (Å²) < 4.78 is 0. The van der Waals surface area contributed by atoms with Crippen LogP contribution in [-0.2, 0) is 16.1 Å². The summed E-state index contributed by atoms with van der Waals surface area (Å²) in [5, 5.41) is 8.07. The molecular formula is C17H18N4O3S. The van der Waals surface area contributed by atoms with Gasteiger partial charge in [-0.05, 0) is 24.6 Å². The zero-order valence-corrected chi connectivity index (χ0v) is 14.4. The Balaban J connectivity index is 0.000000271. The van der Waals surface area contributed by atoms with Gasteiger partial charge in [0.1, 0.15) is 0 Å². The van der Waals surface area contributed by atoms with Gasteiger partial charge in [-0.3, -0.25) is 14.4 Å². The fourth-order valence-corrected chi connectivity index (χ4v) is 2.14. The molecule has 0 aliphatic carbocycles. The number of hydrogen-bond acceptors (Lipinski definition) is 6. The summed E-state index contributed by atoms with van der Waals surface area (Å²) in [5.41, 5.74) is 6.05. The molecule has 2 amide bonds. The number of amides is 2. The van der Waals surface area contributed by atoms with Gasteiger partial charge in [0.15, 0.2) is 5.01 Å². The van der Waals surface area contributed by atoms with Crippen LogP contribution in [0.25, 0.3) is 0 Å². The van der Waals surface area contributed by atoms with E-state index in [0.29, 0.717) is 11.1 Å². The lowest BCUT2D eigenvalue weighted by molar-refractivity contribution is -0.131. The molecule has 0 saturated heterocycles. The van der Waals surface area contributed by atoms with Gasteiger partial charge in [-0.1, -0.05) is 24.1 Å². The summed E-state index contributed by atoms with van der Waals surface area (Å²) in [6.45, 7) is 0.830. The molecular weight excluding hydrogens is 340 g/mol. The molecule has 0 aliphatic rings. The number of benzene rings is 1. The van der Waals surface area contributed by atoms with Crippen LogP contribution in [-0.4, -0.2) is 36.7 Å². The number of nitrogens with one attached hydrogen (secondary N) is 2. The minimum atomic E-state index is -0.728. The van der Waals surface area contributed by atoms with E-state index in [2.05, 4.69) is 27.5 Å². The number of carbonyl (C=O) groups excluding carboxylic acids is 3. The van der Waals surface area contributed by atoms with Crippen LogP contribution in [0.15, 0.2) is 35.8 Å². The van der Waals surface area contributed by atoms with Crippen LogP contribution in [0, 0.1) is 11.8 Å². The predicted octanol–water partition coefficient (Wildman–Crippen LogP) is 0.315. The van der Waals surface area contributed by atoms with E-state index in [1.165, 1.54) is 0 Å². The number of aromatic nitrogens is 1. The summed E-state index contributed by atoms with van der Waals surface area (Å²) in [4.78, 5) is 35.7. The normalized spacial score (nSPS) is 9.00. The third-order valence-corrected chi connectivity index (χ3v) is 3.42. The largest absolute Gasteiger partial charge is 0.366 e. The third kappa shape index (κ3) is 7.87. The highest BCUT2D eigenvalue weighted by Gasteiger charge is 2.07. The summed E-state index contributed by atoms with van der Waals surface area (Å²) in [6.07, 6.45) is 1.93. The average molecular weight is 358 g/mol. The molecule has 25 heavy (non-hydrogen) atoms. The molecule has 0 radical (unpaired) electrons. The molecule has 130 valence electrons. The van der Waals surface area contributed by atoms with Gasteiger partial charge in [0, 0.05) is 23.7 Å². The quantitative estimate of drug-likeness (QED) is 0.404. The standard InChI is InChI=1S/C10H10N2O3.C7H8N2S/c11-10(15)8-4-2-1-3-7(8)5-12-9(14)6-13;1-8-4-2-3-7-9-5-6-10-7/h1-4,6H,5H2,(H2,11,15)(H,12,14);5-6,8H,4H2,1H3. The van der Waals surface area contributed by atoms with E-state index in [1.54, 1.807) is 41.8 Å². The van der Waals surface area contributed by atoms with Crippen molar-refractivity contribution >= 4 is 29.4 Å². The first-order chi connectivity index (χ1) is 12.1. The van der Waals surface area contributed by atoms with E-state index >= 15 is 0 Å². The van der Waals surface area contributed by atoms with Crippen molar-refractivity contribution < 1.29 is 14.4 Å². The molecule has 4 N–H and O–H groups in total. The highest BCUT2D eigenvalue weighted by molar-refractivity contribution is 7.10. The molecule has 0 aliphatic heterocycles. The van der Waals surface area contributed by atoms with Gasteiger partial charge in [-0.25, -0.2) is 4.98 Å². The summed E-state index contributed by atoms with van der Waals surface area (Å²) >= 11 is 1.56. The zero-order valence-electron chi connectivity index (χ0n) is 13.6. The number of thiazole rings is 1. The maximum Gasteiger partial charge on any atom is 0.284 e. The van der Waals surface area contributed by atoms with Crippen LogP contribution >= 0.6 is 11.3 Å². The third-order valence-electron chi connectivity index (χ3n) is 2.74. The van der Waals surface area contributed by atoms with Crippen LogP contribution in [0.3, 0.4) is 0 Å². The average Bonchev–Trinajstić information content (AvgIpc) is 3.14. The molecule has 0 unspecified atom stereocenters. The number of hydrogen-bond donors (Lipinski definition) is 3. The van der Waals surface area contributed by atoms with Crippen molar-refractivity contribution in [1.82, 2.24) is 15.6 Å². The second kappa shape index (κ2) is 11.5. The lowest BCUT2D eigenvalue weighted by Gasteiger charge is -2.05. The van der Waals surface area contributed by atoms with Crippen molar-refractivity contribution in [2.45, 2.75) is 6.54 Å². The van der Waals surface area contributed by atoms with Crippen LogP contribution in [0.2, 0.25) is 0 Å². The smallest absolute Gasteiger partial charge is 0.284 e. The van der Waals surface area contributed by atoms with E-state index in [4.69, 9.17) is 5.73 Å². The van der Waals surface area contributed by atoms with Crippen molar-refractivity contribution in [3.8, 4) is 11.8 Å². The summed E-state index contributed by atoms with van der Waals surface area (Å²) in [6, 6.07) is 6.61. The fraction of sp³-hybridized carbons (Fsp3) is 0.176. The number of nitrogens with two attached hydrogens (primary N) is 1. The Labute approximate surface area is 149 Å². The maximum absolute atomic E-state index is 11.0. The molecule has 0 saturated carbocycles. The Bertz CT molecular complexity index is 764. The second-order valence-corrected chi connectivity index (χ2v) is 5.42. The van der Waals surface area contributed by atoms with Crippen molar-refractivity contribution in [3.63, 3.8) is 0 Å². The van der Waals surface area contributed by atoms with Crippen molar-refractivity contribution in [1.29, 1.82) is 0 Å². The molecule has 0 fully saturated rings. The molecule has 1 aromatic heterocycles. The Morgan fingerprint density at radius 1 is 1.36 bits per heavy atom. The zero-order chi connectivity index (χ0) is 18.5. The first kappa shape index (κ1) is 20.0. The molecule has 8 heteroatoms. The van der Waals surface area contributed by atoms with E-state index < -0.39 is 11.8 Å². The molecule has 1 heterocycles. The monoisotopic (exact) mass is 358 g/mol. The second-order valence-electron chi connectivity index (χ2n) is 4.53. The van der Waals surface area contributed by atoms with Gasteiger partial charge in [-0.2, -0.15) is 0 Å². The molecule has 2 aromatic rings. The van der Waals surface area contributed by atoms with Gasteiger partial charge < -0.3 is 16.4 Å². The summed E-state index contributed by atoms with van der Waals surface area (Å²) in [5.74, 6) is 4.55. The van der Waals surface area contributed by atoms with E-state index in [-0.39, 0.29) is 12.8 Å². The van der Waals surface area contributed by atoms with Gasteiger partial charge in [0.2, 0.25) is 12.2 Å². The number of rotatable bonds is 5. The van der Waals surface area contributed by atoms with Gasteiger partial charge in [-0.15, -0.1) is 11.3 Å².